The molecule has 0 aliphatic rings. The van der Waals surface area contributed by atoms with E-state index in [2.05, 4.69) is 16.6 Å². The fourth-order valence-electron chi connectivity index (χ4n) is 0.509. The first-order valence-corrected chi connectivity index (χ1v) is 3.82. The number of nitrogens with one attached hydrogen (secondary N) is 1. The minimum absolute atomic E-state index is 0.0608. The molecule has 0 aromatic rings. The molecule has 0 bridgehead atoms. The highest BCUT2D eigenvalue weighted by Crippen LogP contribution is 1.91. The summed E-state index contributed by atoms with van der Waals surface area (Å²) >= 11 is 0. The normalized spacial score (nSPS) is 11.5. The molecule has 5 heteroatoms. The van der Waals surface area contributed by atoms with E-state index in [0.29, 0.717) is 0 Å². The Hall–Kier alpha value is -1.52. The Balaban J connectivity index is 3.57. The average molecular weight is 187 g/mol. The summed E-state index contributed by atoms with van der Waals surface area (Å²) in [6.45, 7) is 5.03. The number of alkyl carbamates (subject to hydrolysis) is 1. The standard InChI is InChI=1S/C8H13NO4/c1-3-4-13-8(12)9-5-6(2)7(10)11/h3,6H,1,4-5H2,2H3,(H,9,12)(H,10,11). The van der Waals surface area contributed by atoms with Crippen molar-refractivity contribution in [2.75, 3.05) is 13.2 Å². The second-order valence-corrected chi connectivity index (χ2v) is 2.51. The first-order valence-electron chi connectivity index (χ1n) is 3.82. The van der Waals surface area contributed by atoms with Gasteiger partial charge in [-0.25, -0.2) is 4.79 Å². The van der Waals surface area contributed by atoms with Crippen LogP contribution in [0.5, 0.6) is 0 Å². The SMILES string of the molecule is C=CCOC(=O)NCC(C)C(=O)O. The van der Waals surface area contributed by atoms with Crippen LogP contribution in [0.15, 0.2) is 12.7 Å². The molecule has 5 nitrogen and oxygen atoms in total. The summed E-state index contributed by atoms with van der Waals surface area (Å²) in [6, 6.07) is 0. The van der Waals surface area contributed by atoms with E-state index >= 15 is 0 Å². The quantitative estimate of drug-likeness (QED) is 0.618. The van der Waals surface area contributed by atoms with Gasteiger partial charge in [-0.1, -0.05) is 19.6 Å². The zero-order valence-electron chi connectivity index (χ0n) is 7.45. The third kappa shape index (κ3) is 5.72. The Morgan fingerprint density at radius 3 is 2.77 bits per heavy atom. The van der Waals surface area contributed by atoms with Crippen LogP contribution in [0.25, 0.3) is 0 Å². The highest BCUT2D eigenvalue weighted by Gasteiger charge is 2.11. The molecule has 0 saturated heterocycles. The van der Waals surface area contributed by atoms with Crippen LogP contribution >= 0.6 is 0 Å². The molecule has 1 atom stereocenters. The molecule has 0 aromatic heterocycles. The van der Waals surface area contributed by atoms with Crippen molar-refractivity contribution >= 4 is 12.1 Å². The molecule has 0 saturated carbocycles. The third-order valence-corrected chi connectivity index (χ3v) is 1.31. The Morgan fingerprint density at radius 2 is 2.31 bits per heavy atom. The average Bonchev–Trinajstić information content (AvgIpc) is 2.10. The van der Waals surface area contributed by atoms with Gasteiger partial charge in [-0.3, -0.25) is 4.79 Å². The molecule has 1 amide bonds. The second kappa shape index (κ2) is 6.05. The van der Waals surface area contributed by atoms with Gasteiger partial charge in [0, 0.05) is 6.54 Å². The van der Waals surface area contributed by atoms with Crippen LogP contribution in [-0.2, 0) is 9.53 Å². The molecule has 0 aromatic carbocycles. The van der Waals surface area contributed by atoms with Crippen LogP contribution in [0.2, 0.25) is 0 Å². The van der Waals surface area contributed by atoms with Crippen LogP contribution in [0.4, 0.5) is 4.79 Å². The lowest BCUT2D eigenvalue weighted by molar-refractivity contribution is -0.140. The maximum absolute atomic E-state index is 10.8. The summed E-state index contributed by atoms with van der Waals surface area (Å²) in [7, 11) is 0. The minimum Gasteiger partial charge on any atom is -0.481 e. The van der Waals surface area contributed by atoms with Gasteiger partial charge in [-0.05, 0) is 0 Å². The number of carbonyl (C=O) groups is 2. The van der Waals surface area contributed by atoms with E-state index in [-0.39, 0.29) is 13.2 Å². The summed E-state index contributed by atoms with van der Waals surface area (Å²) in [5.41, 5.74) is 0. The first-order chi connectivity index (χ1) is 6.07. The molecular formula is C8H13NO4. The predicted octanol–water partition coefficient (Wildman–Crippen LogP) is 0.619. The highest BCUT2D eigenvalue weighted by molar-refractivity contribution is 5.72. The number of carboxylic acids is 1. The van der Waals surface area contributed by atoms with E-state index in [1.54, 1.807) is 0 Å². The summed E-state index contributed by atoms with van der Waals surface area (Å²) < 4.78 is 4.56. The van der Waals surface area contributed by atoms with E-state index in [0.717, 1.165) is 0 Å². The molecule has 0 rings (SSSR count). The summed E-state index contributed by atoms with van der Waals surface area (Å²) in [5.74, 6) is -1.57. The van der Waals surface area contributed by atoms with Crippen molar-refractivity contribution in [3.8, 4) is 0 Å². The van der Waals surface area contributed by atoms with Crippen molar-refractivity contribution in [1.82, 2.24) is 5.32 Å². The number of carbonyl (C=O) groups excluding carboxylic acids is 1. The number of rotatable bonds is 5. The summed E-state index contributed by atoms with van der Waals surface area (Å²) in [6.07, 6.45) is 0.799. The Kier molecular flexibility index (Phi) is 5.34. The van der Waals surface area contributed by atoms with Crippen LogP contribution in [0, 0.1) is 5.92 Å². The monoisotopic (exact) mass is 187 g/mol. The van der Waals surface area contributed by atoms with E-state index in [1.807, 2.05) is 0 Å². The summed E-state index contributed by atoms with van der Waals surface area (Å²) in [5, 5.41) is 10.8. The number of carboxylic acid groups (broad SMARTS) is 1. The van der Waals surface area contributed by atoms with Crippen molar-refractivity contribution in [3.05, 3.63) is 12.7 Å². The minimum atomic E-state index is -0.955. The van der Waals surface area contributed by atoms with Gasteiger partial charge in [0.15, 0.2) is 0 Å². The van der Waals surface area contributed by atoms with Crippen LogP contribution in [0.1, 0.15) is 6.92 Å². The maximum Gasteiger partial charge on any atom is 0.407 e. The van der Waals surface area contributed by atoms with Crippen molar-refractivity contribution in [3.63, 3.8) is 0 Å². The molecule has 0 aliphatic carbocycles. The first kappa shape index (κ1) is 11.5. The van der Waals surface area contributed by atoms with Gasteiger partial charge >= 0.3 is 12.1 Å². The highest BCUT2D eigenvalue weighted by atomic mass is 16.5. The van der Waals surface area contributed by atoms with Gasteiger partial charge in [-0.2, -0.15) is 0 Å². The molecule has 74 valence electrons. The molecular weight excluding hydrogens is 174 g/mol. The van der Waals surface area contributed by atoms with Crippen LogP contribution < -0.4 is 5.32 Å². The number of amides is 1. The van der Waals surface area contributed by atoms with E-state index in [9.17, 15) is 9.59 Å². The van der Waals surface area contributed by atoms with Crippen molar-refractivity contribution in [2.24, 2.45) is 5.92 Å². The number of hydrogen-bond donors (Lipinski definition) is 2. The fourth-order valence-corrected chi connectivity index (χ4v) is 0.509. The summed E-state index contributed by atoms with van der Waals surface area (Å²) in [4.78, 5) is 21.1. The third-order valence-electron chi connectivity index (χ3n) is 1.31. The van der Waals surface area contributed by atoms with Gasteiger partial charge in [0.2, 0.25) is 0 Å². The zero-order chi connectivity index (χ0) is 10.3. The molecule has 0 fully saturated rings. The Labute approximate surface area is 76.4 Å². The van der Waals surface area contributed by atoms with E-state index in [4.69, 9.17) is 5.11 Å². The number of aliphatic carboxylic acids is 1. The molecule has 0 heterocycles. The van der Waals surface area contributed by atoms with Crippen LogP contribution in [-0.4, -0.2) is 30.3 Å². The van der Waals surface area contributed by atoms with E-state index in [1.165, 1.54) is 13.0 Å². The zero-order valence-corrected chi connectivity index (χ0v) is 7.45. The number of ether oxygens (including phenoxy) is 1. The molecule has 0 aliphatic heterocycles. The van der Waals surface area contributed by atoms with Crippen molar-refractivity contribution in [1.29, 1.82) is 0 Å². The number of hydrogen-bond acceptors (Lipinski definition) is 3. The maximum atomic E-state index is 10.8. The lowest BCUT2D eigenvalue weighted by atomic mass is 10.2. The largest absolute Gasteiger partial charge is 0.481 e. The molecule has 0 spiro atoms. The van der Waals surface area contributed by atoms with Gasteiger partial charge in [0.1, 0.15) is 6.61 Å². The lowest BCUT2D eigenvalue weighted by Gasteiger charge is -2.07. The molecule has 2 N–H and O–H groups in total. The fraction of sp³-hybridized carbons (Fsp3) is 0.500. The van der Waals surface area contributed by atoms with Gasteiger partial charge < -0.3 is 15.2 Å². The van der Waals surface area contributed by atoms with Crippen molar-refractivity contribution in [2.45, 2.75) is 6.92 Å². The smallest absolute Gasteiger partial charge is 0.407 e. The molecule has 1 unspecified atom stereocenters. The van der Waals surface area contributed by atoms with Crippen LogP contribution in [0.3, 0.4) is 0 Å². The molecule has 13 heavy (non-hydrogen) atoms. The topological polar surface area (TPSA) is 75.6 Å². The Bertz CT molecular complexity index is 202. The van der Waals surface area contributed by atoms with Gasteiger partial charge in [0.25, 0.3) is 0 Å². The lowest BCUT2D eigenvalue weighted by Crippen LogP contribution is -2.31. The molecule has 0 radical (unpaired) electrons. The van der Waals surface area contributed by atoms with E-state index < -0.39 is 18.0 Å². The second-order valence-electron chi connectivity index (χ2n) is 2.51. The predicted molar refractivity (Wildman–Crippen MR) is 46.3 cm³/mol. The van der Waals surface area contributed by atoms with Crippen molar-refractivity contribution < 1.29 is 19.4 Å². The van der Waals surface area contributed by atoms with Gasteiger partial charge in [0.05, 0.1) is 5.92 Å². The van der Waals surface area contributed by atoms with Gasteiger partial charge in [-0.15, -0.1) is 0 Å². The Morgan fingerprint density at radius 1 is 1.69 bits per heavy atom.